The largest absolute Gasteiger partial charge is 0.377 e. The molecule has 0 N–H and O–H groups in total. The smallest absolute Gasteiger partial charge is 0.0440 e. The second-order valence-electron chi connectivity index (χ2n) is 3.86. The predicted molar refractivity (Wildman–Crippen MR) is 68.4 cm³/mol. The van der Waals surface area contributed by atoms with Gasteiger partial charge in [0.25, 0.3) is 0 Å². The molecule has 0 unspecified atom stereocenters. The van der Waals surface area contributed by atoms with Crippen molar-refractivity contribution in [1.29, 1.82) is 0 Å². The van der Waals surface area contributed by atoms with Gasteiger partial charge in [0.1, 0.15) is 0 Å². The highest BCUT2D eigenvalue weighted by Gasteiger charge is 2.03. The van der Waals surface area contributed by atoms with Gasteiger partial charge in [0.15, 0.2) is 0 Å². The molecule has 0 saturated carbocycles. The maximum atomic E-state index is 3.85. The van der Waals surface area contributed by atoms with Crippen LogP contribution in [0.2, 0.25) is 0 Å². The van der Waals surface area contributed by atoms with Gasteiger partial charge in [-0.3, -0.25) is 0 Å². The molecule has 0 aliphatic carbocycles. The van der Waals surface area contributed by atoms with Crippen LogP contribution in [0.15, 0.2) is 43.0 Å². The van der Waals surface area contributed by atoms with Crippen molar-refractivity contribution in [2.75, 3.05) is 19.0 Å². The Bertz CT molecular complexity index is 498. The van der Waals surface area contributed by atoms with Crippen molar-refractivity contribution in [2.45, 2.75) is 0 Å². The minimum absolute atomic E-state index is 1.18. The number of anilines is 1. The normalized spacial score (nSPS) is 10.3. The van der Waals surface area contributed by atoms with Crippen LogP contribution >= 0.6 is 0 Å². The molecule has 0 amide bonds. The Morgan fingerprint density at radius 3 is 2.20 bits per heavy atom. The van der Waals surface area contributed by atoms with Gasteiger partial charge in [-0.05, 0) is 28.5 Å². The van der Waals surface area contributed by atoms with E-state index < -0.39 is 0 Å². The van der Waals surface area contributed by atoms with E-state index >= 15 is 0 Å². The Morgan fingerprint density at radius 2 is 1.67 bits per heavy atom. The molecule has 0 heterocycles. The highest BCUT2D eigenvalue weighted by Crippen LogP contribution is 2.26. The first kappa shape index (κ1) is 9.78. The van der Waals surface area contributed by atoms with Crippen LogP contribution in [0.4, 0.5) is 5.69 Å². The number of nitrogens with zero attached hydrogens (tertiary/aromatic N) is 1. The van der Waals surface area contributed by atoms with Crippen molar-refractivity contribution in [2.24, 2.45) is 0 Å². The summed E-state index contributed by atoms with van der Waals surface area (Å²) in [6.07, 6.45) is 1.90. The van der Waals surface area contributed by atoms with Gasteiger partial charge in [0.2, 0.25) is 0 Å². The standard InChI is InChI=1S/C14H15N/c1-4-11-9-12-7-5-6-8-13(12)10-14(11)15(2)3/h4-10H,1H2,2-3H3. The Labute approximate surface area is 90.6 Å². The van der Waals surface area contributed by atoms with Crippen LogP contribution in [0.1, 0.15) is 5.56 Å². The highest BCUT2D eigenvalue weighted by molar-refractivity contribution is 5.90. The maximum Gasteiger partial charge on any atom is 0.0440 e. The third kappa shape index (κ3) is 1.73. The third-order valence-electron chi connectivity index (χ3n) is 2.60. The molecular formula is C14H15N. The van der Waals surface area contributed by atoms with E-state index in [1.165, 1.54) is 22.0 Å². The van der Waals surface area contributed by atoms with Crippen LogP contribution < -0.4 is 4.90 Å². The predicted octanol–water partition coefficient (Wildman–Crippen LogP) is 3.55. The summed E-state index contributed by atoms with van der Waals surface area (Å²) in [5.41, 5.74) is 2.39. The molecule has 0 aromatic heterocycles. The van der Waals surface area contributed by atoms with Gasteiger partial charge in [-0.15, -0.1) is 0 Å². The third-order valence-corrected chi connectivity index (χ3v) is 2.60. The lowest BCUT2D eigenvalue weighted by Crippen LogP contribution is -2.09. The van der Waals surface area contributed by atoms with Crippen LogP contribution in [-0.2, 0) is 0 Å². The summed E-state index contributed by atoms with van der Waals surface area (Å²) in [7, 11) is 4.11. The van der Waals surface area contributed by atoms with Gasteiger partial charge >= 0.3 is 0 Å². The van der Waals surface area contributed by atoms with Crippen molar-refractivity contribution in [3.05, 3.63) is 48.5 Å². The second kappa shape index (κ2) is 3.77. The molecule has 76 valence electrons. The minimum Gasteiger partial charge on any atom is -0.377 e. The van der Waals surface area contributed by atoms with Crippen molar-refractivity contribution in [1.82, 2.24) is 0 Å². The van der Waals surface area contributed by atoms with Gasteiger partial charge in [-0.25, -0.2) is 0 Å². The Kier molecular flexibility index (Phi) is 2.46. The van der Waals surface area contributed by atoms with Crippen molar-refractivity contribution in [3.8, 4) is 0 Å². The maximum absolute atomic E-state index is 3.85. The topological polar surface area (TPSA) is 3.24 Å². The van der Waals surface area contributed by atoms with Crippen LogP contribution in [0.25, 0.3) is 16.8 Å². The highest BCUT2D eigenvalue weighted by atomic mass is 15.1. The first-order valence-electron chi connectivity index (χ1n) is 5.05. The lowest BCUT2D eigenvalue weighted by molar-refractivity contribution is 1.13. The molecule has 0 spiro atoms. The number of hydrogen-bond donors (Lipinski definition) is 0. The van der Waals surface area contributed by atoms with Crippen molar-refractivity contribution in [3.63, 3.8) is 0 Å². The van der Waals surface area contributed by atoms with Crippen LogP contribution in [0.5, 0.6) is 0 Å². The van der Waals surface area contributed by atoms with E-state index in [0.717, 1.165) is 0 Å². The SMILES string of the molecule is C=Cc1cc2ccccc2cc1N(C)C. The van der Waals surface area contributed by atoms with Gasteiger partial charge < -0.3 is 4.90 Å². The molecule has 0 radical (unpaired) electrons. The fourth-order valence-electron chi connectivity index (χ4n) is 1.80. The zero-order chi connectivity index (χ0) is 10.8. The number of rotatable bonds is 2. The van der Waals surface area contributed by atoms with E-state index in [9.17, 15) is 0 Å². The van der Waals surface area contributed by atoms with E-state index in [1.54, 1.807) is 0 Å². The molecule has 0 saturated heterocycles. The minimum atomic E-state index is 1.18. The zero-order valence-electron chi connectivity index (χ0n) is 9.20. The van der Waals surface area contributed by atoms with Crippen molar-refractivity contribution < 1.29 is 0 Å². The fourth-order valence-corrected chi connectivity index (χ4v) is 1.80. The summed E-state index contributed by atoms with van der Waals surface area (Å²) in [6, 6.07) is 12.8. The lowest BCUT2D eigenvalue weighted by atomic mass is 10.0. The molecule has 2 rings (SSSR count). The quantitative estimate of drug-likeness (QED) is 0.711. The van der Waals surface area contributed by atoms with Gasteiger partial charge in [0, 0.05) is 19.8 Å². The zero-order valence-corrected chi connectivity index (χ0v) is 9.20. The average Bonchev–Trinajstić information content (AvgIpc) is 2.27. The summed E-state index contributed by atoms with van der Waals surface area (Å²) in [6.45, 7) is 3.85. The summed E-state index contributed by atoms with van der Waals surface area (Å²) >= 11 is 0. The summed E-state index contributed by atoms with van der Waals surface area (Å²) in [4.78, 5) is 2.11. The summed E-state index contributed by atoms with van der Waals surface area (Å²) in [5.74, 6) is 0. The lowest BCUT2D eigenvalue weighted by Gasteiger charge is -2.16. The van der Waals surface area contributed by atoms with E-state index in [-0.39, 0.29) is 0 Å². The molecule has 2 aromatic carbocycles. The second-order valence-corrected chi connectivity index (χ2v) is 3.86. The van der Waals surface area contributed by atoms with Crippen LogP contribution in [0, 0.1) is 0 Å². The first-order chi connectivity index (χ1) is 7.22. The molecule has 0 atom stereocenters. The van der Waals surface area contributed by atoms with E-state index in [4.69, 9.17) is 0 Å². The first-order valence-corrected chi connectivity index (χ1v) is 5.05. The number of hydrogen-bond acceptors (Lipinski definition) is 1. The molecular weight excluding hydrogens is 182 g/mol. The molecule has 0 aliphatic heterocycles. The van der Waals surface area contributed by atoms with Gasteiger partial charge in [0.05, 0.1) is 0 Å². The molecule has 15 heavy (non-hydrogen) atoms. The molecule has 1 nitrogen and oxygen atoms in total. The monoisotopic (exact) mass is 197 g/mol. The Hall–Kier alpha value is -1.76. The fraction of sp³-hybridized carbons (Fsp3) is 0.143. The Balaban J connectivity index is 2.74. The molecule has 0 bridgehead atoms. The molecule has 1 heteroatoms. The van der Waals surface area contributed by atoms with Crippen LogP contribution in [-0.4, -0.2) is 14.1 Å². The van der Waals surface area contributed by atoms with Crippen LogP contribution in [0.3, 0.4) is 0 Å². The molecule has 0 aliphatic rings. The van der Waals surface area contributed by atoms with E-state index in [0.29, 0.717) is 0 Å². The summed E-state index contributed by atoms with van der Waals surface area (Å²) in [5, 5.41) is 2.53. The molecule has 2 aromatic rings. The van der Waals surface area contributed by atoms with E-state index in [2.05, 4.69) is 62.0 Å². The average molecular weight is 197 g/mol. The van der Waals surface area contributed by atoms with Crippen molar-refractivity contribution >= 4 is 22.5 Å². The number of benzene rings is 2. The number of fused-ring (bicyclic) bond motifs is 1. The molecule has 0 fully saturated rings. The van der Waals surface area contributed by atoms with Gasteiger partial charge in [-0.2, -0.15) is 0 Å². The van der Waals surface area contributed by atoms with E-state index in [1.807, 2.05) is 6.08 Å². The van der Waals surface area contributed by atoms with Gasteiger partial charge in [-0.1, -0.05) is 36.9 Å². The summed E-state index contributed by atoms with van der Waals surface area (Å²) < 4.78 is 0. The Morgan fingerprint density at radius 1 is 1.07 bits per heavy atom.